The highest BCUT2D eigenvalue weighted by molar-refractivity contribution is 5.81. The normalized spacial score (nSPS) is 16.0. The first-order valence-corrected chi connectivity index (χ1v) is 10.8. The lowest BCUT2D eigenvalue weighted by molar-refractivity contribution is -0.140. The van der Waals surface area contributed by atoms with Gasteiger partial charge in [-0.1, -0.05) is 18.2 Å². The molecule has 1 saturated heterocycles. The molecule has 1 aromatic heterocycles. The summed E-state index contributed by atoms with van der Waals surface area (Å²) < 4.78 is 7.06. The minimum atomic E-state index is -0.810. The Kier molecular flexibility index (Phi) is 6.54. The number of carboxylic acid groups (broad SMARTS) is 1. The molecular formula is C25H27N3O4. The number of nitrogens with zero attached hydrogens (tertiary/aromatic N) is 3. The van der Waals surface area contributed by atoms with E-state index in [1.54, 1.807) is 16.7 Å². The van der Waals surface area contributed by atoms with Crippen LogP contribution in [0.15, 0.2) is 60.8 Å². The summed E-state index contributed by atoms with van der Waals surface area (Å²) in [6, 6.07) is 17.4. The summed E-state index contributed by atoms with van der Waals surface area (Å²) in [4.78, 5) is 26.0. The second-order valence-corrected chi connectivity index (χ2v) is 8.13. The van der Waals surface area contributed by atoms with Crippen LogP contribution in [0.5, 0.6) is 5.75 Å². The summed E-state index contributed by atoms with van der Waals surface area (Å²) in [6.07, 6.45) is 3.91. The molecule has 0 bridgehead atoms. The Hall–Kier alpha value is -3.61. The summed E-state index contributed by atoms with van der Waals surface area (Å²) in [7, 11) is 1.62. The maximum Gasteiger partial charge on any atom is 0.303 e. The van der Waals surface area contributed by atoms with Gasteiger partial charge in [-0.25, -0.2) is 4.68 Å². The van der Waals surface area contributed by atoms with Crippen molar-refractivity contribution in [2.75, 3.05) is 20.2 Å². The Labute approximate surface area is 187 Å². The van der Waals surface area contributed by atoms with Gasteiger partial charge in [0.1, 0.15) is 5.75 Å². The van der Waals surface area contributed by atoms with Crippen LogP contribution in [0.4, 0.5) is 0 Å². The molecule has 2 heterocycles. The van der Waals surface area contributed by atoms with Gasteiger partial charge < -0.3 is 14.7 Å². The predicted octanol–water partition coefficient (Wildman–Crippen LogP) is 3.80. The highest BCUT2D eigenvalue weighted by Crippen LogP contribution is 2.27. The molecule has 0 radical (unpaired) electrons. The molecular weight excluding hydrogens is 406 g/mol. The van der Waals surface area contributed by atoms with Crippen molar-refractivity contribution < 1.29 is 19.4 Å². The van der Waals surface area contributed by atoms with E-state index in [4.69, 9.17) is 14.9 Å². The third-order valence-electron chi connectivity index (χ3n) is 5.85. The lowest BCUT2D eigenvalue weighted by atomic mass is 9.94. The number of para-hydroxylation sites is 1. The van der Waals surface area contributed by atoms with Crippen molar-refractivity contribution in [2.24, 2.45) is 5.92 Å². The number of carboxylic acids is 1. The fourth-order valence-electron chi connectivity index (χ4n) is 4.22. The molecule has 1 fully saturated rings. The van der Waals surface area contributed by atoms with E-state index in [0.717, 1.165) is 41.1 Å². The van der Waals surface area contributed by atoms with Crippen LogP contribution in [0.1, 0.15) is 24.8 Å². The van der Waals surface area contributed by atoms with E-state index in [9.17, 15) is 9.59 Å². The smallest absolute Gasteiger partial charge is 0.303 e. The average molecular weight is 434 g/mol. The second kappa shape index (κ2) is 9.68. The largest absolute Gasteiger partial charge is 0.497 e. The van der Waals surface area contributed by atoms with Gasteiger partial charge in [0.15, 0.2) is 0 Å². The number of amides is 1. The van der Waals surface area contributed by atoms with Crippen LogP contribution in [0.2, 0.25) is 0 Å². The van der Waals surface area contributed by atoms with Crippen molar-refractivity contribution in [3.63, 3.8) is 0 Å². The fourth-order valence-corrected chi connectivity index (χ4v) is 4.22. The van der Waals surface area contributed by atoms with Crippen molar-refractivity contribution in [3.05, 3.63) is 66.4 Å². The van der Waals surface area contributed by atoms with Gasteiger partial charge in [-0.2, -0.15) is 5.10 Å². The molecule has 7 heteroatoms. The van der Waals surface area contributed by atoms with Crippen molar-refractivity contribution in [3.8, 4) is 22.7 Å². The predicted molar refractivity (Wildman–Crippen MR) is 121 cm³/mol. The Bertz CT molecular complexity index is 1080. The number of likely N-dealkylation sites (tertiary alicyclic amines) is 1. The minimum Gasteiger partial charge on any atom is -0.497 e. The molecule has 1 aliphatic rings. The maximum absolute atomic E-state index is 13.2. The molecule has 1 atom stereocenters. The molecule has 1 N–H and O–H groups in total. The topological polar surface area (TPSA) is 84.7 Å². The van der Waals surface area contributed by atoms with Crippen molar-refractivity contribution >= 4 is 11.9 Å². The Morgan fingerprint density at radius 3 is 2.56 bits per heavy atom. The number of methoxy groups -OCH3 is 1. The van der Waals surface area contributed by atoms with Gasteiger partial charge in [0.25, 0.3) is 0 Å². The van der Waals surface area contributed by atoms with E-state index in [1.807, 2.05) is 60.8 Å². The third-order valence-corrected chi connectivity index (χ3v) is 5.85. The van der Waals surface area contributed by atoms with Gasteiger partial charge in [0.2, 0.25) is 5.91 Å². The summed E-state index contributed by atoms with van der Waals surface area (Å²) in [5, 5.41) is 13.9. The SMILES string of the molecule is COc1ccc(-c2nn(-c3ccccc3)cc2CC(=O)N2CCCC(CC(=O)O)C2)cc1. The van der Waals surface area contributed by atoms with E-state index in [-0.39, 0.29) is 24.7 Å². The van der Waals surface area contributed by atoms with Crippen LogP contribution in [0, 0.1) is 5.92 Å². The molecule has 166 valence electrons. The zero-order valence-corrected chi connectivity index (χ0v) is 18.1. The van der Waals surface area contributed by atoms with E-state index >= 15 is 0 Å². The van der Waals surface area contributed by atoms with Gasteiger partial charge in [-0.3, -0.25) is 9.59 Å². The average Bonchev–Trinajstić information content (AvgIpc) is 3.23. The molecule has 3 aromatic rings. The third kappa shape index (κ3) is 4.99. The van der Waals surface area contributed by atoms with Crippen LogP contribution >= 0.6 is 0 Å². The van der Waals surface area contributed by atoms with Gasteiger partial charge >= 0.3 is 5.97 Å². The summed E-state index contributed by atoms with van der Waals surface area (Å²) in [6.45, 7) is 1.16. The first-order valence-electron chi connectivity index (χ1n) is 10.8. The standard InChI is InChI=1S/C25H27N3O4/c1-32-22-11-9-19(10-12-22)25-20(17-28(26-25)21-7-3-2-4-8-21)15-23(29)27-13-5-6-18(16-27)14-24(30)31/h2-4,7-12,17-18H,5-6,13-16H2,1H3,(H,30,31). The number of carbonyl (C=O) groups is 2. The van der Waals surface area contributed by atoms with Gasteiger partial charge in [-0.05, 0) is 55.2 Å². The number of benzene rings is 2. The molecule has 1 aliphatic heterocycles. The number of ether oxygens (including phenoxy) is 1. The van der Waals surface area contributed by atoms with E-state index < -0.39 is 5.97 Å². The quantitative estimate of drug-likeness (QED) is 0.613. The summed E-state index contributed by atoms with van der Waals surface area (Å²) in [5.74, 6) is -0.0392. The number of rotatable bonds is 7. The van der Waals surface area contributed by atoms with E-state index in [1.165, 1.54) is 0 Å². The van der Waals surface area contributed by atoms with Crippen LogP contribution in [0.3, 0.4) is 0 Å². The lowest BCUT2D eigenvalue weighted by Gasteiger charge is -2.32. The second-order valence-electron chi connectivity index (χ2n) is 8.13. The molecule has 32 heavy (non-hydrogen) atoms. The van der Waals surface area contributed by atoms with Crippen LogP contribution < -0.4 is 4.74 Å². The monoisotopic (exact) mass is 433 g/mol. The molecule has 1 unspecified atom stereocenters. The molecule has 0 aliphatic carbocycles. The first kappa shape index (κ1) is 21.6. The highest BCUT2D eigenvalue weighted by atomic mass is 16.5. The van der Waals surface area contributed by atoms with Crippen molar-refractivity contribution in [2.45, 2.75) is 25.7 Å². The van der Waals surface area contributed by atoms with Crippen LogP contribution in [0.25, 0.3) is 16.9 Å². The first-order chi connectivity index (χ1) is 15.5. The Morgan fingerprint density at radius 1 is 1.12 bits per heavy atom. The molecule has 1 amide bonds. The van der Waals surface area contributed by atoms with Gasteiger partial charge in [-0.15, -0.1) is 0 Å². The Morgan fingerprint density at radius 2 is 1.88 bits per heavy atom. The van der Waals surface area contributed by atoms with Crippen molar-refractivity contribution in [1.82, 2.24) is 14.7 Å². The van der Waals surface area contributed by atoms with E-state index in [2.05, 4.69) is 0 Å². The number of carbonyl (C=O) groups excluding carboxylic acids is 1. The number of piperidine rings is 1. The van der Waals surface area contributed by atoms with Gasteiger partial charge in [0, 0.05) is 36.8 Å². The molecule has 7 nitrogen and oxygen atoms in total. The van der Waals surface area contributed by atoms with E-state index in [0.29, 0.717) is 13.1 Å². The highest BCUT2D eigenvalue weighted by Gasteiger charge is 2.26. The summed E-state index contributed by atoms with van der Waals surface area (Å²) in [5.41, 5.74) is 3.42. The fraction of sp³-hybridized carbons (Fsp3) is 0.320. The van der Waals surface area contributed by atoms with Gasteiger partial charge in [0.05, 0.1) is 24.9 Å². The number of aliphatic carboxylic acids is 1. The zero-order chi connectivity index (χ0) is 22.5. The molecule has 2 aromatic carbocycles. The summed E-state index contributed by atoms with van der Waals surface area (Å²) >= 11 is 0. The number of hydrogen-bond acceptors (Lipinski definition) is 4. The molecule has 0 spiro atoms. The minimum absolute atomic E-state index is 0.00228. The molecule has 0 saturated carbocycles. The Balaban J connectivity index is 1.60. The zero-order valence-electron chi connectivity index (χ0n) is 18.1. The van der Waals surface area contributed by atoms with Crippen LogP contribution in [-0.4, -0.2) is 51.9 Å². The maximum atomic E-state index is 13.2. The number of aromatic nitrogens is 2. The van der Waals surface area contributed by atoms with Crippen LogP contribution in [-0.2, 0) is 16.0 Å². The number of hydrogen-bond donors (Lipinski definition) is 1. The molecule has 4 rings (SSSR count). The lowest BCUT2D eigenvalue weighted by Crippen LogP contribution is -2.41. The van der Waals surface area contributed by atoms with Crippen molar-refractivity contribution in [1.29, 1.82) is 0 Å².